The van der Waals surface area contributed by atoms with E-state index in [0.717, 1.165) is 54.1 Å². The second-order valence-electron chi connectivity index (χ2n) is 7.61. The molecule has 0 saturated heterocycles. The van der Waals surface area contributed by atoms with Gasteiger partial charge >= 0.3 is 0 Å². The highest BCUT2D eigenvalue weighted by Gasteiger charge is 2.21. The molecule has 1 fully saturated rings. The monoisotopic (exact) mass is 392 g/mol. The molecule has 0 unspecified atom stereocenters. The molecule has 0 aliphatic heterocycles. The van der Waals surface area contributed by atoms with Crippen LogP contribution < -0.4 is 5.56 Å². The molecule has 3 aromatic rings. The lowest BCUT2D eigenvalue weighted by atomic mass is 10.1. The molecule has 2 N–H and O–H groups in total. The topological polar surface area (TPSA) is 100 Å². The molecular weight excluding hydrogens is 368 g/mol. The molecule has 7 heteroatoms. The number of H-pyrrole nitrogens is 2. The van der Waals surface area contributed by atoms with Crippen LogP contribution in [0.1, 0.15) is 58.4 Å². The van der Waals surface area contributed by atoms with E-state index in [2.05, 4.69) is 15.2 Å². The maximum atomic E-state index is 12.4. The Morgan fingerprint density at radius 2 is 2.07 bits per heavy atom. The van der Waals surface area contributed by atoms with E-state index >= 15 is 0 Å². The van der Waals surface area contributed by atoms with Crippen LogP contribution in [0.3, 0.4) is 0 Å². The van der Waals surface area contributed by atoms with Crippen molar-refractivity contribution in [2.24, 2.45) is 4.99 Å². The van der Waals surface area contributed by atoms with Crippen molar-refractivity contribution in [3.05, 3.63) is 62.7 Å². The van der Waals surface area contributed by atoms with Crippen LogP contribution in [0, 0.1) is 13.8 Å². The molecule has 1 aromatic carbocycles. The average molecular weight is 392 g/mol. The predicted molar refractivity (Wildman–Crippen MR) is 112 cm³/mol. The fourth-order valence-corrected chi connectivity index (χ4v) is 3.90. The third-order valence-electron chi connectivity index (χ3n) is 5.40. The molecule has 1 saturated carbocycles. The van der Waals surface area contributed by atoms with Crippen LogP contribution in [0.25, 0.3) is 10.9 Å². The number of ether oxygens (including phenoxy) is 1. The number of aromatic nitrogens is 3. The lowest BCUT2D eigenvalue weighted by Gasteiger charge is -2.16. The van der Waals surface area contributed by atoms with Crippen molar-refractivity contribution < 1.29 is 9.53 Å². The second kappa shape index (κ2) is 8.03. The minimum Gasteiger partial charge on any atom is -0.474 e. The number of hydrogen-bond donors (Lipinski definition) is 2. The number of aryl methyl sites for hydroxylation is 2. The van der Waals surface area contributed by atoms with Crippen LogP contribution in [0.4, 0.5) is 0 Å². The number of nitrogens with zero attached hydrogens (tertiary/aromatic N) is 2. The minimum atomic E-state index is -0.137. The molecule has 0 bridgehead atoms. The number of carbonyl (C=O) groups is 1. The zero-order valence-electron chi connectivity index (χ0n) is 16.6. The minimum absolute atomic E-state index is 0.0907. The summed E-state index contributed by atoms with van der Waals surface area (Å²) in [5, 5.41) is 7.84. The zero-order valence-corrected chi connectivity index (χ0v) is 16.6. The molecule has 0 spiro atoms. The summed E-state index contributed by atoms with van der Waals surface area (Å²) in [6.45, 7) is 3.97. The first-order chi connectivity index (χ1) is 14.0. The zero-order chi connectivity index (χ0) is 20.4. The number of hydrogen-bond acceptors (Lipinski definition) is 5. The van der Waals surface area contributed by atoms with Gasteiger partial charge in [-0.15, -0.1) is 0 Å². The van der Waals surface area contributed by atoms with Gasteiger partial charge in [-0.3, -0.25) is 14.7 Å². The fraction of sp³-hybridized carbons (Fsp3) is 0.364. The molecule has 1 aliphatic rings. The molecule has 0 radical (unpaired) electrons. The van der Waals surface area contributed by atoms with Crippen molar-refractivity contribution in [2.45, 2.75) is 52.2 Å². The normalized spacial score (nSPS) is 15.2. The fourth-order valence-electron chi connectivity index (χ4n) is 3.90. The van der Waals surface area contributed by atoms with Gasteiger partial charge in [-0.1, -0.05) is 0 Å². The Hall–Kier alpha value is -3.22. The van der Waals surface area contributed by atoms with Gasteiger partial charge in [-0.05, 0) is 63.3 Å². The highest BCUT2D eigenvalue weighted by atomic mass is 16.5. The van der Waals surface area contributed by atoms with Crippen molar-refractivity contribution in [3.8, 4) is 0 Å². The molecule has 7 nitrogen and oxygen atoms in total. The summed E-state index contributed by atoms with van der Waals surface area (Å²) in [4.78, 5) is 31.4. The smallest absolute Gasteiger partial charge is 0.253 e. The molecule has 2 aromatic heterocycles. The maximum absolute atomic E-state index is 12.4. The number of rotatable bonds is 5. The summed E-state index contributed by atoms with van der Waals surface area (Å²) in [5.41, 5.74) is 4.17. The van der Waals surface area contributed by atoms with E-state index < -0.39 is 0 Å². The average Bonchev–Trinajstić information content (AvgIpc) is 3.37. The maximum Gasteiger partial charge on any atom is 0.253 e. The van der Waals surface area contributed by atoms with Crippen LogP contribution >= 0.6 is 0 Å². The van der Waals surface area contributed by atoms with E-state index in [4.69, 9.17) is 9.73 Å². The van der Waals surface area contributed by atoms with Gasteiger partial charge in [-0.2, -0.15) is 5.10 Å². The second-order valence-corrected chi connectivity index (χ2v) is 7.61. The number of pyridine rings is 1. The Balaban J connectivity index is 1.78. The summed E-state index contributed by atoms with van der Waals surface area (Å²) in [7, 11) is 0. The Labute approximate surface area is 168 Å². The largest absolute Gasteiger partial charge is 0.474 e. The van der Waals surface area contributed by atoms with Crippen molar-refractivity contribution in [2.75, 3.05) is 0 Å². The van der Waals surface area contributed by atoms with E-state index in [9.17, 15) is 9.59 Å². The molecule has 2 heterocycles. The lowest BCUT2D eigenvalue weighted by molar-refractivity contribution is 0.112. The molecular formula is C22H24N4O3. The van der Waals surface area contributed by atoms with Crippen LogP contribution in [0.5, 0.6) is 0 Å². The number of fused-ring (bicyclic) bond motifs is 1. The van der Waals surface area contributed by atoms with Gasteiger partial charge in [0.25, 0.3) is 5.56 Å². The summed E-state index contributed by atoms with van der Waals surface area (Å²) < 4.78 is 6.28. The summed E-state index contributed by atoms with van der Waals surface area (Å²) in [5.74, 6) is 0.450. The first kappa shape index (κ1) is 19.1. The van der Waals surface area contributed by atoms with Crippen LogP contribution in [-0.2, 0) is 11.3 Å². The van der Waals surface area contributed by atoms with E-state index in [0.29, 0.717) is 22.6 Å². The van der Waals surface area contributed by atoms with Gasteiger partial charge in [0.1, 0.15) is 12.4 Å². The van der Waals surface area contributed by atoms with Crippen LogP contribution in [0.15, 0.2) is 34.2 Å². The Morgan fingerprint density at radius 3 is 2.79 bits per heavy atom. The van der Waals surface area contributed by atoms with Crippen LogP contribution in [-0.4, -0.2) is 33.5 Å². The van der Waals surface area contributed by atoms with Crippen molar-refractivity contribution in [1.29, 1.82) is 0 Å². The van der Waals surface area contributed by atoms with Gasteiger partial charge in [0, 0.05) is 27.8 Å². The van der Waals surface area contributed by atoms with Gasteiger partial charge in [0.15, 0.2) is 0 Å². The van der Waals surface area contributed by atoms with Gasteiger partial charge in [0.2, 0.25) is 5.90 Å². The number of carbonyl (C=O) groups excluding carboxylic acids is 1. The highest BCUT2D eigenvalue weighted by molar-refractivity contribution is 6.07. The van der Waals surface area contributed by atoms with Gasteiger partial charge < -0.3 is 9.72 Å². The number of aliphatic imine (C=N–C) groups is 1. The van der Waals surface area contributed by atoms with E-state index in [-0.39, 0.29) is 18.2 Å². The number of aldehydes is 1. The standard InChI is InChI=1S/C22H24N4O3/c1-13-7-14(2)25-21(28)18(13)10-23-22(29-16-5-3-4-6-16)17-8-15(12-27)9-20-19(17)11-24-26-20/h7-9,11-12,16H,3-6,10H2,1-2H3,(H,24,26)(H,25,28). The van der Waals surface area contributed by atoms with Gasteiger partial charge in [0.05, 0.1) is 18.3 Å². The van der Waals surface area contributed by atoms with Crippen LogP contribution in [0.2, 0.25) is 0 Å². The molecule has 4 rings (SSSR count). The van der Waals surface area contributed by atoms with Crippen molar-refractivity contribution in [1.82, 2.24) is 15.2 Å². The quantitative estimate of drug-likeness (QED) is 0.394. The molecule has 150 valence electrons. The molecule has 1 aliphatic carbocycles. The Kier molecular flexibility index (Phi) is 5.29. The first-order valence-corrected chi connectivity index (χ1v) is 9.88. The van der Waals surface area contributed by atoms with E-state index in [1.165, 1.54) is 0 Å². The predicted octanol–water partition coefficient (Wildman–Crippen LogP) is 3.59. The summed E-state index contributed by atoms with van der Waals surface area (Å²) in [6, 6.07) is 5.46. The van der Waals surface area contributed by atoms with Crippen molar-refractivity contribution >= 4 is 23.1 Å². The highest BCUT2D eigenvalue weighted by Crippen LogP contribution is 2.26. The number of aromatic amines is 2. The third kappa shape index (κ3) is 3.99. The number of nitrogens with one attached hydrogen (secondary N) is 2. The summed E-state index contributed by atoms with van der Waals surface area (Å²) in [6.07, 6.45) is 6.81. The Morgan fingerprint density at radius 1 is 1.28 bits per heavy atom. The van der Waals surface area contributed by atoms with Gasteiger partial charge in [-0.25, -0.2) is 4.99 Å². The molecule has 29 heavy (non-hydrogen) atoms. The van der Waals surface area contributed by atoms with E-state index in [1.54, 1.807) is 18.3 Å². The summed E-state index contributed by atoms with van der Waals surface area (Å²) >= 11 is 0. The lowest BCUT2D eigenvalue weighted by Crippen LogP contribution is -2.19. The van der Waals surface area contributed by atoms with E-state index in [1.807, 2.05) is 19.9 Å². The SMILES string of the molecule is Cc1cc(C)c(CN=C(OC2CCCC2)c2cc(C=O)cc3[nH]ncc23)c(=O)[nH]1. The third-order valence-corrected chi connectivity index (χ3v) is 5.40. The Bertz CT molecular complexity index is 1140. The van der Waals surface area contributed by atoms with Crippen molar-refractivity contribution in [3.63, 3.8) is 0 Å². The number of benzene rings is 1. The first-order valence-electron chi connectivity index (χ1n) is 9.88. The molecule has 0 atom stereocenters. The molecule has 0 amide bonds.